The van der Waals surface area contributed by atoms with E-state index in [1.54, 1.807) is 61.6 Å². The highest BCUT2D eigenvalue weighted by Gasteiger charge is 2.38. The van der Waals surface area contributed by atoms with Gasteiger partial charge in [-0.25, -0.2) is 18.7 Å². The normalized spacial score (nSPS) is 14.8. The molecule has 0 spiro atoms. The third-order valence-electron chi connectivity index (χ3n) is 5.79. The number of rotatable bonds is 19. The maximum absolute atomic E-state index is 13.0. The number of esters is 2. The van der Waals surface area contributed by atoms with Gasteiger partial charge >= 0.3 is 39.2 Å². The van der Waals surface area contributed by atoms with E-state index in [-0.39, 0.29) is 37.7 Å². The summed E-state index contributed by atoms with van der Waals surface area (Å²) in [6.45, 7) is 8.09. The molecule has 0 bridgehead atoms. The van der Waals surface area contributed by atoms with Gasteiger partial charge in [-0.15, -0.1) is 0 Å². The molecule has 17 heteroatoms. The Bertz CT molecular complexity index is 1350. The van der Waals surface area contributed by atoms with Gasteiger partial charge in [-0.1, -0.05) is 49.7 Å². The highest BCUT2D eigenvalue weighted by Crippen LogP contribution is 2.51. The van der Waals surface area contributed by atoms with Crippen molar-refractivity contribution in [2.75, 3.05) is 32.1 Å². The summed E-state index contributed by atoms with van der Waals surface area (Å²) in [5, 5.41) is 1.67. The fourth-order valence-electron chi connectivity index (χ4n) is 3.54. The first-order valence-electron chi connectivity index (χ1n) is 15.3. The van der Waals surface area contributed by atoms with Crippen molar-refractivity contribution in [3.05, 3.63) is 60.7 Å². The number of nitrogens with one attached hydrogen (secondary N) is 1. The SMILES string of the molecule is CCCCP(=O)(Oc1ccccc1)O[C@@H](C)C(=O)OCC.CCOC(=O)[C@@H](C)OP(=O)(CCCNC(=O)C(F)(F)F)Oc1ccccc1. The summed E-state index contributed by atoms with van der Waals surface area (Å²) in [6.07, 6.45) is -5.74. The molecule has 2 rings (SSSR count). The first-order chi connectivity index (χ1) is 22.6. The average molecular weight is 726 g/mol. The Morgan fingerprint density at radius 2 is 1.10 bits per heavy atom. The van der Waals surface area contributed by atoms with Crippen LogP contribution >= 0.6 is 15.2 Å². The molecule has 2 aromatic rings. The predicted molar refractivity (Wildman–Crippen MR) is 172 cm³/mol. The molecule has 2 aromatic carbocycles. The van der Waals surface area contributed by atoms with Crippen LogP contribution in [0.5, 0.6) is 11.5 Å². The first-order valence-corrected chi connectivity index (χ1v) is 18.8. The largest absolute Gasteiger partial charge is 0.471 e. The molecule has 2 unspecified atom stereocenters. The van der Waals surface area contributed by atoms with Crippen LogP contribution in [0.2, 0.25) is 0 Å². The molecule has 0 radical (unpaired) electrons. The van der Waals surface area contributed by atoms with Gasteiger partial charge in [0.25, 0.3) is 0 Å². The third kappa shape index (κ3) is 17.1. The highest BCUT2D eigenvalue weighted by atomic mass is 31.2. The summed E-state index contributed by atoms with van der Waals surface area (Å²) < 4.78 is 93.5. The number of ether oxygens (including phenoxy) is 2. The lowest BCUT2D eigenvalue weighted by atomic mass is 10.3. The lowest BCUT2D eigenvalue weighted by Gasteiger charge is -2.22. The fraction of sp³-hybridized carbons (Fsp3) is 0.516. The monoisotopic (exact) mass is 725 g/mol. The van der Waals surface area contributed by atoms with Gasteiger partial charge in [0.1, 0.15) is 11.5 Å². The number of carbonyl (C=O) groups is 3. The topological polar surface area (TPSA) is 153 Å². The summed E-state index contributed by atoms with van der Waals surface area (Å²) in [6, 6.07) is 16.8. The smallest absolute Gasteiger partial charge is 0.464 e. The molecule has 4 atom stereocenters. The van der Waals surface area contributed by atoms with Crippen molar-refractivity contribution in [3.8, 4) is 11.5 Å². The van der Waals surface area contributed by atoms with Crippen LogP contribution in [0.25, 0.3) is 0 Å². The molecule has 0 aliphatic rings. The molecule has 0 aliphatic carbocycles. The lowest BCUT2D eigenvalue weighted by Crippen LogP contribution is -2.37. The number of amides is 1. The molecular formula is C31H44F3NO11P2. The number of alkyl halides is 3. The van der Waals surface area contributed by atoms with Crippen molar-refractivity contribution >= 4 is 33.0 Å². The number of halogens is 3. The van der Waals surface area contributed by atoms with E-state index < -0.39 is 58.0 Å². The minimum atomic E-state index is -5.00. The van der Waals surface area contributed by atoms with E-state index in [1.807, 2.05) is 13.0 Å². The quantitative estimate of drug-likeness (QED) is 0.0881. The molecule has 270 valence electrons. The molecule has 0 heterocycles. The van der Waals surface area contributed by atoms with Gasteiger partial charge in [0.15, 0.2) is 12.2 Å². The molecule has 1 amide bonds. The van der Waals surface area contributed by atoms with Crippen LogP contribution in [0.1, 0.15) is 53.9 Å². The van der Waals surface area contributed by atoms with E-state index in [0.29, 0.717) is 12.2 Å². The van der Waals surface area contributed by atoms with Gasteiger partial charge in [0.2, 0.25) is 0 Å². The minimum Gasteiger partial charge on any atom is -0.464 e. The summed E-state index contributed by atoms with van der Waals surface area (Å²) >= 11 is 0. The van der Waals surface area contributed by atoms with Crippen molar-refractivity contribution < 1.29 is 64.3 Å². The second-order valence-corrected chi connectivity index (χ2v) is 14.1. The van der Waals surface area contributed by atoms with Crippen LogP contribution in [0.3, 0.4) is 0 Å². The Morgan fingerprint density at radius 1 is 0.708 bits per heavy atom. The summed E-state index contributed by atoms with van der Waals surface area (Å²) in [5.41, 5.74) is 0. The van der Waals surface area contributed by atoms with Crippen molar-refractivity contribution in [3.63, 3.8) is 0 Å². The average Bonchev–Trinajstić information content (AvgIpc) is 3.03. The molecule has 0 aliphatic heterocycles. The van der Waals surface area contributed by atoms with Crippen LogP contribution in [-0.2, 0) is 42.0 Å². The Labute approximate surface area is 279 Å². The molecule has 0 saturated carbocycles. The van der Waals surface area contributed by atoms with Gasteiger partial charge in [0, 0.05) is 6.54 Å². The predicted octanol–water partition coefficient (Wildman–Crippen LogP) is 7.32. The number of benzene rings is 2. The zero-order chi connectivity index (χ0) is 36.2. The van der Waals surface area contributed by atoms with E-state index in [0.717, 1.165) is 6.42 Å². The molecule has 0 fully saturated rings. The number of hydrogen-bond donors (Lipinski definition) is 1. The molecule has 0 aromatic heterocycles. The third-order valence-corrected chi connectivity index (χ3v) is 9.77. The van der Waals surface area contributed by atoms with Crippen LogP contribution < -0.4 is 14.4 Å². The fourth-order valence-corrected chi connectivity index (χ4v) is 7.29. The first kappa shape index (κ1) is 42.6. The Kier molecular flexibility index (Phi) is 19.2. The standard InChI is InChI=1S/C16H21F3NO6P.C15H23O5P/c1-3-24-14(21)12(2)25-27(23,26-13-8-5-4-6-9-13)11-7-10-20-15(22)16(17,18)19;1-4-6-12-21(17,19-13(3)15(16)18-5-2)20-14-10-8-7-9-11-14/h4-6,8-9,12H,3,7,10-11H2,1-2H3,(H,20,22);7-11,13H,4-6,12H2,1-3H3/t12-,27?;13-,21?/m10/s1. The number of unbranched alkanes of at least 4 members (excludes halogenated alkanes) is 1. The second kappa shape index (κ2) is 21.6. The Hall–Kier alpha value is -3.38. The van der Waals surface area contributed by atoms with Crippen molar-refractivity contribution in [2.24, 2.45) is 0 Å². The van der Waals surface area contributed by atoms with Crippen LogP contribution in [0.15, 0.2) is 60.7 Å². The number of hydrogen-bond acceptors (Lipinski definition) is 11. The van der Waals surface area contributed by atoms with Crippen LogP contribution in [0, 0.1) is 0 Å². The minimum absolute atomic E-state index is 0.0971. The molecule has 48 heavy (non-hydrogen) atoms. The van der Waals surface area contributed by atoms with Crippen LogP contribution in [0.4, 0.5) is 13.2 Å². The Balaban J connectivity index is 0.000000495. The van der Waals surface area contributed by atoms with Gasteiger partial charge in [-0.05, 0) is 64.8 Å². The molecule has 12 nitrogen and oxygen atoms in total. The van der Waals surface area contributed by atoms with Gasteiger partial charge in [-0.3, -0.25) is 13.8 Å². The van der Waals surface area contributed by atoms with Crippen LogP contribution in [-0.4, -0.2) is 68.3 Å². The lowest BCUT2D eigenvalue weighted by molar-refractivity contribution is -0.173. The van der Waals surface area contributed by atoms with E-state index in [4.69, 9.17) is 27.6 Å². The molecule has 1 N–H and O–H groups in total. The Morgan fingerprint density at radius 3 is 1.46 bits per heavy atom. The van der Waals surface area contributed by atoms with E-state index in [2.05, 4.69) is 0 Å². The summed E-state index contributed by atoms with van der Waals surface area (Å²) in [7, 11) is -7.30. The maximum Gasteiger partial charge on any atom is 0.471 e. The second-order valence-electron chi connectivity index (χ2n) is 9.94. The van der Waals surface area contributed by atoms with Gasteiger partial charge < -0.3 is 23.8 Å². The van der Waals surface area contributed by atoms with Gasteiger partial charge in [-0.2, -0.15) is 13.2 Å². The summed E-state index contributed by atoms with van der Waals surface area (Å²) in [4.78, 5) is 34.1. The highest BCUT2D eigenvalue weighted by molar-refractivity contribution is 7.54. The number of carbonyl (C=O) groups excluding carboxylic acids is 3. The van der Waals surface area contributed by atoms with Crippen molar-refractivity contribution in [1.29, 1.82) is 0 Å². The molecule has 0 saturated heterocycles. The van der Waals surface area contributed by atoms with E-state index in [1.165, 1.54) is 26.0 Å². The van der Waals surface area contributed by atoms with E-state index in [9.17, 15) is 36.7 Å². The maximum atomic E-state index is 13.0. The number of para-hydroxylation sites is 2. The van der Waals surface area contributed by atoms with E-state index >= 15 is 0 Å². The summed E-state index contributed by atoms with van der Waals surface area (Å²) in [5.74, 6) is -2.71. The zero-order valence-electron chi connectivity index (χ0n) is 27.6. The van der Waals surface area contributed by atoms with Crippen molar-refractivity contribution in [2.45, 2.75) is 72.3 Å². The molecular weight excluding hydrogens is 681 g/mol. The zero-order valence-corrected chi connectivity index (χ0v) is 29.4. The van der Waals surface area contributed by atoms with Crippen molar-refractivity contribution in [1.82, 2.24) is 5.32 Å². The van der Waals surface area contributed by atoms with Gasteiger partial charge in [0.05, 0.1) is 25.5 Å².